The molecule has 5 N–H and O–H groups in total. The van der Waals surface area contributed by atoms with Crippen molar-refractivity contribution in [1.29, 1.82) is 0 Å². The molecule has 4 heterocycles. The van der Waals surface area contributed by atoms with Crippen molar-refractivity contribution in [2.75, 3.05) is 11.9 Å². The lowest BCUT2D eigenvalue weighted by Gasteiger charge is -2.30. The van der Waals surface area contributed by atoms with Gasteiger partial charge in [0.05, 0.1) is 30.6 Å². The Kier molecular flexibility index (Phi) is 10.7. The minimum atomic E-state index is -3.97. The lowest BCUT2D eigenvalue weighted by Crippen LogP contribution is -2.58. The highest BCUT2D eigenvalue weighted by atomic mass is 32.2. The van der Waals surface area contributed by atoms with Crippen molar-refractivity contribution >= 4 is 58.1 Å². The van der Waals surface area contributed by atoms with E-state index in [1.54, 1.807) is 12.1 Å². The number of urea groups is 1. The predicted octanol–water partition coefficient (Wildman–Crippen LogP) is 1.80. The quantitative estimate of drug-likeness (QED) is 0.211. The first-order chi connectivity index (χ1) is 27.7. The van der Waals surface area contributed by atoms with E-state index in [1.807, 2.05) is 6.08 Å². The largest absolute Gasteiger partial charge is 0.491 e. The molecule has 3 fully saturated rings. The highest BCUT2D eigenvalue weighted by Crippen LogP contribution is 2.46. The average Bonchev–Trinajstić information content (AvgIpc) is 4.02. The van der Waals surface area contributed by atoms with Crippen LogP contribution in [0, 0.1) is 17.6 Å². The third-order valence-electron chi connectivity index (χ3n) is 11.7. The van der Waals surface area contributed by atoms with Crippen molar-refractivity contribution in [3.63, 3.8) is 0 Å². The number of sulfonamides is 1. The molecule has 16 nitrogen and oxygen atoms in total. The number of hydrogen-bond donors (Lipinski definition) is 5. The first-order valence-electron chi connectivity index (χ1n) is 19.5. The van der Waals surface area contributed by atoms with E-state index in [9.17, 15) is 46.2 Å². The summed E-state index contributed by atoms with van der Waals surface area (Å²) in [6.07, 6.45) is 5.01. The summed E-state index contributed by atoms with van der Waals surface area (Å²) in [5.41, 5.74) is -0.232. The number of nitrogens with one attached hydrogen (secondary N) is 4. The molecule has 1 saturated heterocycles. The molecule has 4 aliphatic heterocycles. The van der Waals surface area contributed by atoms with Gasteiger partial charge in [0, 0.05) is 24.4 Å². The zero-order chi connectivity index (χ0) is 40.9. The number of hydrogen-bond acceptors (Lipinski definition) is 10. The van der Waals surface area contributed by atoms with E-state index in [0.29, 0.717) is 55.2 Å². The fraction of sp³-hybridized carbons (Fsp3) is 0.500. The topological polar surface area (TPSA) is 213 Å². The number of allylic oxidation sites excluding steroid dienone is 1. The van der Waals surface area contributed by atoms with E-state index in [4.69, 9.17) is 9.39 Å². The summed E-state index contributed by atoms with van der Waals surface area (Å²) in [5, 5.41) is 17.2. The molecule has 2 aromatic carbocycles. The number of halogens is 2. The number of benzene rings is 2. The van der Waals surface area contributed by atoms with Crippen LogP contribution in [0.5, 0.6) is 0 Å². The fourth-order valence-corrected chi connectivity index (χ4v) is 9.60. The van der Waals surface area contributed by atoms with E-state index in [-0.39, 0.29) is 56.7 Å². The molecule has 8 rings (SSSR count). The van der Waals surface area contributed by atoms with E-state index in [0.717, 1.165) is 6.07 Å². The molecule has 58 heavy (non-hydrogen) atoms. The first kappa shape index (κ1) is 39.7. The summed E-state index contributed by atoms with van der Waals surface area (Å²) in [5.74, 6) is -4.18. The van der Waals surface area contributed by atoms with Gasteiger partial charge in [-0.25, -0.2) is 26.8 Å². The Hall–Kier alpha value is -5.08. The highest BCUT2D eigenvalue weighted by molar-refractivity contribution is 7.91. The minimum Gasteiger partial charge on any atom is -0.444 e. The number of carbonyl (C=O) groups is 5. The van der Waals surface area contributed by atoms with Gasteiger partial charge in [0.15, 0.2) is 0 Å². The molecular formula is C38H43BF2N6O10S. The number of nitrogens with zero attached hydrogens (tertiary/aromatic N) is 2. The number of amides is 6. The van der Waals surface area contributed by atoms with Crippen LogP contribution in [0.1, 0.15) is 74.5 Å². The second kappa shape index (κ2) is 15.6. The summed E-state index contributed by atoms with van der Waals surface area (Å²) in [4.78, 5) is 71.8. The molecule has 20 heteroatoms. The van der Waals surface area contributed by atoms with E-state index in [1.165, 1.54) is 28.0 Å². The van der Waals surface area contributed by atoms with Crippen LogP contribution in [0.3, 0.4) is 0 Å². The van der Waals surface area contributed by atoms with Crippen LogP contribution in [0.4, 0.5) is 24.1 Å². The lowest BCUT2D eigenvalue weighted by molar-refractivity contribution is -0.141. The van der Waals surface area contributed by atoms with Crippen molar-refractivity contribution in [3.05, 3.63) is 70.8 Å². The lowest BCUT2D eigenvalue weighted by atomic mass is 9.79. The number of anilines is 1. The normalized spacial score (nSPS) is 27.5. The molecule has 308 valence electrons. The predicted molar refractivity (Wildman–Crippen MR) is 202 cm³/mol. The van der Waals surface area contributed by atoms with Crippen molar-refractivity contribution in [2.24, 2.45) is 5.92 Å². The molecule has 2 saturated carbocycles. The number of fused-ring (bicyclic) bond motifs is 4. The summed E-state index contributed by atoms with van der Waals surface area (Å²) in [6, 6.07) is 3.39. The minimum absolute atomic E-state index is 0.0105. The average molecular weight is 825 g/mol. The maximum absolute atomic E-state index is 15.0. The van der Waals surface area contributed by atoms with Gasteiger partial charge in [0.1, 0.15) is 35.4 Å². The van der Waals surface area contributed by atoms with Crippen molar-refractivity contribution in [2.45, 2.75) is 106 Å². The molecule has 6 aliphatic rings. The number of ether oxygens (including phenoxy) is 1. The fourth-order valence-electron chi connectivity index (χ4n) is 8.23. The zero-order valence-corrected chi connectivity index (χ0v) is 32.2. The van der Waals surface area contributed by atoms with Gasteiger partial charge in [-0.2, -0.15) is 0 Å². The van der Waals surface area contributed by atoms with Crippen molar-refractivity contribution in [1.82, 2.24) is 25.2 Å². The first-order valence-corrected chi connectivity index (χ1v) is 21.0. The summed E-state index contributed by atoms with van der Waals surface area (Å²) < 4.78 is 68.2. The van der Waals surface area contributed by atoms with Crippen LogP contribution in [-0.4, -0.2) is 95.7 Å². The van der Waals surface area contributed by atoms with Gasteiger partial charge in [-0.15, -0.1) is 0 Å². The van der Waals surface area contributed by atoms with Gasteiger partial charge in [-0.1, -0.05) is 37.1 Å². The number of carbonyl (C=O) groups excluding carboxylic acids is 5. The Balaban J connectivity index is 1.04. The zero-order valence-electron chi connectivity index (χ0n) is 31.4. The van der Waals surface area contributed by atoms with Gasteiger partial charge < -0.3 is 35.3 Å². The summed E-state index contributed by atoms with van der Waals surface area (Å²) in [7, 11) is -5.28. The molecular weight excluding hydrogens is 781 g/mol. The molecule has 2 aliphatic carbocycles. The maximum Gasteiger partial charge on any atom is 0.491 e. The van der Waals surface area contributed by atoms with Crippen LogP contribution in [0.2, 0.25) is 0 Å². The monoisotopic (exact) mass is 824 g/mol. The Morgan fingerprint density at radius 3 is 2.62 bits per heavy atom. The molecule has 5 atom stereocenters. The van der Waals surface area contributed by atoms with Gasteiger partial charge in [0.25, 0.3) is 5.91 Å². The molecule has 0 aromatic heterocycles. The van der Waals surface area contributed by atoms with Gasteiger partial charge in [0.2, 0.25) is 21.8 Å². The van der Waals surface area contributed by atoms with E-state index < -0.39 is 93.5 Å². The van der Waals surface area contributed by atoms with Crippen LogP contribution < -0.4 is 26.1 Å². The Labute approximate surface area is 333 Å². The highest BCUT2D eigenvalue weighted by Gasteiger charge is 2.62. The van der Waals surface area contributed by atoms with E-state index in [2.05, 4.69) is 20.7 Å². The second-order valence-corrected chi connectivity index (χ2v) is 17.8. The Bertz CT molecular complexity index is 2190. The second-order valence-electron chi connectivity index (χ2n) is 15.8. The Morgan fingerprint density at radius 2 is 1.84 bits per heavy atom. The molecule has 6 amide bonds. The van der Waals surface area contributed by atoms with E-state index >= 15 is 0 Å². The van der Waals surface area contributed by atoms with Gasteiger partial charge in [-0.05, 0) is 73.3 Å². The molecule has 0 unspecified atom stereocenters. The maximum atomic E-state index is 15.0. The molecule has 0 spiro atoms. The Morgan fingerprint density at radius 1 is 1.03 bits per heavy atom. The van der Waals surface area contributed by atoms with Crippen LogP contribution in [0.15, 0.2) is 42.5 Å². The molecule has 0 radical (unpaired) electrons. The number of rotatable bonds is 6. The van der Waals surface area contributed by atoms with Crippen molar-refractivity contribution < 1.29 is 55.6 Å². The van der Waals surface area contributed by atoms with Crippen LogP contribution in [-0.2, 0) is 53.5 Å². The molecule has 0 bridgehead atoms. The molecule has 2 aromatic rings. The smallest absolute Gasteiger partial charge is 0.444 e. The van der Waals surface area contributed by atoms with Gasteiger partial charge >= 0.3 is 19.2 Å². The van der Waals surface area contributed by atoms with Crippen LogP contribution >= 0.6 is 0 Å². The van der Waals surface area contributed by atoms with Gasteiger partial charge in [-0.3, -0.25) is 24.0 Å². The SMILES string of the molecule is O=C(Nc1cc2c(cc1F)COB2O)N[C@H]1CCCCC/C=C\[C@@H]2C[C@@]2(C(=O)NS(=O)(=O)C2CC2)NC(=O)[C@@H]2C[C@@H](OC(=O)N3Cc4cccc(F)c4C3)CN2C1=O. The van der Waals surface area contributed by atoms with Crippen molar-refractivity contribution in [3.8, 4) is 0 Å². The third kappa shape index (κ3) is 8.00. The standard InChI is InChI=1S/C38H43BF2N6O10S/c40-28-9-6-7-21-17-46(19-26(21)28)37(52)57-24-14-32-33(48)44-38(35(50)45-58(54,55)25-11-12-25)16-23(38)8-4-2-1-3-5-10-30(34(49)47(32)18-24)42-36(51)43-31-15-27-22(13-29(31)41)20-56-39(27)53/h4,6-9,13,15,23-25,30,32,53H,1-3,5,10-12,14,16-20H2,(H,44,48)(H,45,50)(H2,42,43,51)/b8-4-/t23-,24-,30+,32+,38-/m1/s1. The summed E-state index contributed by atoms with van der Waals surface area (Å²) in [6.45, 7) is -0.259. The third-order valence-corrected chi connectivity index (χ3v) is 13.6. The van der Waals surface area contributed by atoms with Crippen LogP contribution in [0.25, 0.3) is 0 Å². The summed E-state index contributed by atoms with van der Waals surface area (Å²) >= 11 is 0.